The minimum absolute atomic E-state index is 0.104. The molecule has 190 valence electrons. The Morgan fingerprint density at radius 3 is 2.51 bits per heavy atom. The van der Waals surface area contributed by atoms with Gasteiger partial charge in [0.05, 0.1) is 11.6 Å². The van der Waals surface area contributed by atoms with Gasteiger partial charge in [0.15, 0.2) is 6.29 Å². The highest BCUT2D eigenvalue weighted by Gasteiger charge is 2.51. The number of benzene rings is 1. The van der Waals surface area contributed by atoms with E-state index in [2.05, 4.69) is 38.8 Å². The lowest BCUT2D eigenvalue weighted by Gasteiger charge is -2.38. The van der Waals surface area contributed by atoms with Crippen molar-refractivity contribution in [2.45, 2.75) is 80.9 Å². The van der Waals surface area contributed by atoms with E-state index in [-0.39, 0.29) is 28.8 Å². The first-order valence-electron chi connectivity index (χ1n) is 12.2. The quantitative estimate of drug-likeness (QED) is 0.301. The first kappa shape index (κ1) is 26.4. The van der Waals surface area contributed by atoms with Crippen LogP contribution in [0, 0.1) is 0 Å². The van der Waals surface area contributed by atoms with E-state index in [1.807, 2.05) is 61.5 Å². The zero-order valence-corrected chi connectivity index (χ0v) is 23.3. The lowest BCUT2D eigenvalue weighted by atomic mass is 10.1. The van der Waals surface area contributed by atoms with Crippen LogP contribution in [0.5, 0.6) is 0 Å². The van der Waals surface area contributed by atoms with E-state index in [1.165, 1.54) is 0 Å². The molecule has 0 bridgehead atoms. The number of allylic oxidation sites excluding steroid dienone is 1. The van der Waals surface area contributed by atoms with E-state index in [1.54, 1.807) is 18.0 Å². The third-order valence-corrected chi connectivity index (χ3v) is 12.3. The van der Waals surface area contributed by atoms with E-state index >= 15 is 0 Å². The topological polar surface area (TPSA) is 59.0 Å². The van der Waals surface area contributed by atoms with Crippen LogP contribution >= 0.6 is 11.8 Å². The summed E-state index contributed by atoms with van der Waals surface area (Å²) >= 11 is 1.55. The predicted octanol–water partition coefficient (Wildman–Crippen LogP) is 6.32. The number of hydrogen-bond acceptors (Lipinski definition) is 7. The van der Waals surface area contributed by atoms with Crippen LogP contribution in [0.25, 0.3) is 0 Å². The highest BCUT2D eigenvalue weighted by atomic mass is 32.2. The number of hydrogen-bond donors (Lipinski definition) is 0. The maximum atomic E-state index is 6.54. The summed E-state index contributed by atoms with van der Waals surface area (Å²) < 4.78 is 31.9. The zero-order valence-electron chi connectivity index (χ0n) is 21.5. The average Bonchev–Trinajstić information content (AvgIpc) is 3.18. The first-order valence-corrected chi connectivity index (χ1v) is 16.0. The Bertz CT molecular complexity index is 982. The van der Waals surface area contributed by atoms with E-state index in [4.69, 9.17) is 23.4 Å². The molecule has 35 heavy (non-hydrogen) atoms. The summed E-state index contributed by atoms with van der Waals surface area (Å²) in [5.41, 5.74) is 0.713. The molecule has 1 aromatic carbocycles. The number of aromatic nitrogens is 1. The third kappa shape index (κ3) is 6.36. The minimum atomic E-state index is -1.98. The van der Waals surface area contributed by atoms with Gasteiger partial charge in [0.1, 0.15) is 36.1 Å². The lowest BCUT2D eigenvalue weighted by Crippen LogP contribution is -2.44. The van der Waals surface area contributed by atoms with Crippen LogP contribution in [0.1, 0.15) is 39.5 Å². The molecule has 0 amide bonds. The standard InChI is InChI=1S/C27H37NO5SSi/c1-7-20(33-35(5,6)27(2,3)4)17-29-24-23-21(31-26(24)34-22-15-11-12-16-28-22)18-30-25(32-23)19-13-9-8-10-14-19/h7-16,21,23-26H,17-18H2,1-6H3/b20-7-/t21-,23+,24+,25+,26+/m1/s1. The molecular formula is C27H37NO5SSi. The largest absolute Gasteiger partial charge is 0.545 e. The van der Waals surface area contributed by atoms with Gasteiger partial charge >= 0.3 is 0 Å². The first-order chi connectivity index (χ1) is 16.7. The lowest BCUT2D eigenvalue weighted by molar-refractivity contribution is -0.254. The Kier molecular flexibility index (Phi) is 8.40. The molecular weight excluding hydrogens is 478 g/mol. The molecule has 0 N–H and O–H groups in total. The number of pyridine rings is 1. The molecule has 4 rings (SSSR count). The van der Waals surface area contributed by atoms with Crippen molar-refractivity contribution in [1.82, 2.24) is 4.98 Å². The summed E-state index contributed by atoms with van der Waals surface area (Å²) in [5, 5.41) is 0.987. The van der Waals surface area contributed by atoms with Crippen molar-refractivity contribution in [2.75, 3.05) is 13.2 Å². The van der Waals surface area contributed by atoms with Crippen molar-refractivity contribution in [3.8, 4) is 0 Å². The van der Waals surface area contributed by atoms with Crippen LogP contribution in [0.15, 0.2) is 71.6 Å². The van der Waals surface area contributed by atoms with Crippen LogP contribution in [0.3, 0.4) is 0 Å². The van der Waals surface area contributed by atoms with Crippen molar-refractivity contribution in [3.05, 3.63) is 72.1 Å². The molecule has 2 saturated heterocycles. The number of thioether (sulfide) groups is 1. The van der Waals surface area contributed by atoms with Crippen molar-refractivity contribution in [2.24, 2.45) is 0 Å². The summed E-state index contributed by atoms with van der Waals surface area (Å²) in [4.78, 5) is 4.47. The molecule has 1 aromatic heterocycles. The molecule has 0 saturated carbocycles. The molecule has 0 unspecified atom stereocenters. The molecule has 3 heterocycles. The van der Waals surface area contributed by atoms with E-state index in [0.29, 0.717) is 13.2 Å². The van der Waals surface area contributed by atoms with E-state index in [9.17, 15) is 0 Å². The predicted molar refractivity (Wildman–Crippen MR) is 141 cm³/mol. The highest BCUT2D eigenvalue weighted by molar-refractivity contribution is 7.99. The fraction of sp³-hybridized carbons (Fsp3) is 0.519. The second-order valence-corrected chi connectivity index (χ2v) is 16.2. The molecule has 2 fully saturated rings. The van der Waals surface area contributed by atoms with Crippen molar-refractivity contribution >= 4 is 20.1 Å². The Labute approximate surface area is 214 Å². The van der Waals surface area contributed by atoms with Crippen molar-refractivity contribution in [1.29, 1.82) is 0 Å². The fourth-order valence-electron chi connectivity index (χ4n) is 3.78. The Balaban J connectivity index is 1.51. The molecule has 0 spiro atoms. The molecule has 6 nitrogen and oxygen atoms in total. The van der Waals surface area contributed by atoms with Gasteiger partial charge in [-0.3, -0.25) is 0 Å². The van der Waals surface area contributed by atoms with E-state index < -0.39 is 14.6 Å². The maximum absolute atomic E-state index is 6.54. The van der Waals surface area contributed by atoms with Gasteiger partial charge in [0.25, 0.3) is 0 Å². The second kappa shape index (κ2) is 11.1. The fourth-order valence-corrected chi connectivity index (χ4v) is 6.00. The van der Waals surface area contributed by atoms with Crippen LogP contribution in [0.4, 0.5) is 0 Å². The molecule has 8 heteroatoms. The second-order valence-electron chi connectivity index (χ2n) is 10.4. The summed E-state index contributed by atoms with van der Waals surface area (Å²) in [5.74, 6) is 0.855. The van der Waals surface area contributed by atoms with Gasteiger partial charge in [-0.2, -0.15) is 0 Å². The zero-order chi connectivity index (χ0) is 25.1. The van der Waals surface area contributed by atoms with Crippen LogP contribution in [-0.2, 0) is 23.4 Å². The van der Waals surface area contributed by atoms with Gasteiger partial charge in [0.2, 0.25) is 8.32 Å². The molecule has 0 aliphatic carbocycles. The molecule has 5 atom stereocenters. The maximum Gasteiger partial charge on any atom is 0.250 e. The SMILES string of the molecule is C/C=C(/CO[C@H]1[C@H]2O[C@@H](c3ccccc3)OC[C@H]2O[C@H]1Sc1ccccn1)O[Si](C)(C)C(C)(C)C. The van der Waals surface area contributed by atoms with Crippen LogP contribution < -0.4 is 0 Å². The monoisotopic (exact) mass is 515 g/mol. The molecule has 2 aliphatic heterocycles. The number of nitrogens with zero attached hydrogens (tertiary/aromatic N) is 1. The van der Waals surface area contributed by atoms with Crippen molar-refractivity contribution < 1.29 is 23.4 Å². The third-order valence-electron chi connectivity index (χ3n) is 6.84. The van der Waals surface area contributed by atoms with Gasteiger partial charge < -0.3 is 23.4 Å². The molecule has 2 aromatic rings. The number of ether oxygens (including phenoxy) is 4. The minimum Gasteiger partial charge on any atom is -0.545 e. The summed E-state index contributed by atoms with van der Waals surface area (Å²) in [6, 6.07) is 15.9. The normalized spacial score (nSPS) is 27.5. The average molecular weight is 516 g/mol. The Morgan fingerprint density at radius 2 is 1.86 bits per heavy atom. The Hall–Kier alpha value is -1.68. The molecule has 0 radical (unpaired) electrons. The van der Waals surface area contributed by atoms with Crippen LogP contribution in [0.2, 0.25) is 18.1 Å². The number of rotatable bonds is 8. The van der Waals surface area contributed by atoms with Gasteiger partial charge in [0, 0.05) is 11.8 Å². The smallest absolute Gasteiger partial charge is 0.250 e. The summed E-state index contributed by atoms with van der Waals surface area (Å²) in [6.45, 7) is 14.0. The van der Waals surface area contributed by atoms with Crippen LogP contribution in [-0.4, -0.2) is 50.3 Å². The number of fused-ring (bicyclic) bond motifs is 1. The van der Waals surface area contributed by atoms with Gasteiger partial charge in [-0.15, -0.1) is 0 Å². The Morgan fingerprint density at radius 1 is 1.11 bits per heavy atom. The highest BCUT2D eigenvalue weighted by Crippen LogP contribution is 2.42. The van der Waals surface area contributed by atoms with Gasteiger partial charge in [-0.05, 0) is 43.3 Å². The molecule has 2 aliphatic rings. The van der Waals surface area contributed by atoms with E-state index in [0.717, 1.165) is 16.3 Å². The summed E-state index contributed by atoms with van der Waals surface area (Å²) in [7, 11) is -1.98. The summed E-state index contributed by atoms with van der Waals surface area (Å²) in [6.07, 6.45) is 2.57. The van der Waals surface area contributed by atoms with Crippen molar-refractivity contribution in [3.63, 3.8) is 0 Å². The van der Waals surface area contributed by atoms with Gasteiger partial charge in [-0.1, -0.05) is 68.9 Å². The van der Waals surface area contributed by atoms with Gasteiger partial charge in [-0.25, -0.2) is 4.98 Å².